The van der Waals surface area contributed by atoms with Crippen molar-refractivity contribution in [1.29, 1.82) is 0 Å². The molecule has 182 valence electrons. The number of nitrogens with zero attached hydrogens (tertiary/aromatic N) is 4. The fraction of sp³-hybridized carbons (Fsp3) is 0.308. The molecule has 1 atom stereocenters. The van der Waals surface area contributed by atoms with Crippen molar-refractivity contribution in [3.63, 3.8) is 0 Å². The topological polar surface area (TPSA) is 118 Å². The van der Waals surface area contributed by atoms with Gasteiger partial charge in [0.15, 0.2) is 5.78 Å². The van der Waals surface area contributed by atoms with Crippen LogP contribution >= 0.6 is 0 Å². The number of nitrogen functional groups attached to an aromatic ring is 1. The van der Waals surface area contributed by atoms with Crippen LogP contribution in [0.3, 0.4) is 0 Å². The fourth-order valence-corrected chi connectivity index (χ4v) is 4.31. The number of carbonyl (C=O) groups is 2. The molecular formula is C26H29FN6O2. The highest BCUT2D eigenvalue weighted by molar-refractivity contribution is 6.01. The van der Waals surface area contributed by atoms with Gasteiger partial charge < -0.3 is 21.3 Å². The van der Waals surface area contributed by atoms with E-state index < -0.39 is 5.82 Å². The first kappa shape index (κ1) is 24.3. The summed E-state index contributed by atoms with van der Waals surface area (Å²) < 4.78 is 14.7. The number of Topliss-reactive ketones (excluding diaryl/α,β-unsaturated/α-hetero) is 1. The Labute approximate surface area is 203 Å². The molecule has 1 amide bonds. The van der Waals surface area contributed by atoms with Crippen LogP contribution in [0.1, 0.15) is 39.3 Å². The lowest BCUT2D eigenvalue weighted by molar-refractivity contribution is 0.0827. The van der Waals surface area contributed by atoms with Gasteiger partial charge in [0.05, 0.1) is 11.4 Å². The zero-order valence-electron chi connectivity index (χ0n) is 19.9. The molecule has 0 radical (unpaired) electrons. The molecule has 1 fully saturated rings. The smallest absolute Gasteiger partial charge is 0.253 e. The number of piperidine rings is 1. The zero-order valence-corrected chi connectivity index (χ0v) is 19.9. The number of benzene rings is 1. The van der Waals surface area contributed by atoms with E-state index in [1.807, 2.05) is 6.07 Å². The molecule has 0 bridgehead atoms. The lowest BCUT2D eigenvalue weighted by Gasteiger charge is -2.33. The van der Waals surface area contributed by atoms with Crippen LogP contribution in [-0.4, -0.2) is 59.8 Å². The lowest BCUT2D eigenvalue weighted by Crippen LogP contribution is -2.43. The highest BCUT2D eigenvalue weighted by Crippen LogP contribution is 2.28. The standard InChI is InChI=1S/C26H29FN6O2/c1-32(2)26(35)16-5-6-20(27)19(12-16)22-8-7-21(29)25(31-22)24(34)13-17-14-30-10-9-23(17)33-11-3-4-18(28)15-33/h5-10,12,14,18H,3-4,11,13,15,28-29H2,1-2H3/t18-/m0/s1. The Morgan fingerprint density at radius 1 is 1.20 bits per heavy atom. The molecule has 1 aliphatic heterocycles. The summed E-state index contributed by atoms with van der Waals surface area (Å²) in [7, 11) is 3.24. The van der Waals surface area contributed by atoms with E-state index in [1.165, 1.54) is 29.2 Å². The van der Waals surface area contributed by atoms with Crippen molar-refractivity contribution in [3.05, 3.63) is 71.4 Å². The summed E-state index contributed by atoms with van der Waals surface area (Å²) in [6, 6.07) is 9.11. The van der Waals surface area contributed by atoms with Crippen molar-refractivity contribution in [3.8, 4) is 11.3 Å². The van der Waals surface area contributed by atoms with Crippen molar-refractivity contribution < 1.29 is 14.0 Å². The number of ketones is 1. The first-order valence-corrected chi connectivity index (χ1v) is 11.5. The SMILES string of the molecule is CN(C)C(=O)c1ccc(F)c(-c2ccc(N)c(C(=O)Cc3cnccc3N3CCC[C@H](N)C3)n2)c1. The summed E-state index contributed by atoms with van der Waals surface area (Å²) >= 11 is 0. The van der Waals surface area contributed by atoms with E-state index in [0.29, 0.717) is 12.1 Å². The first-order valence-electron chi connectivity index (χ1n) is 11.5. The molecule has 35 heavy (non-hydrogen) atoms. The Balaban J connectivity index is 1.64. The van der Waals surface area contributed by atoms with Crippen molar-refractivity contribution in [2.24, 2.45) is 5.73 Å². The molecule has 3 heterocycles. The van der Waals surface area contributed by atoms with Gasteiger partial charge in [-0.1, -0.05) is 0 Å². The number of amides is 1. The lowest BCUT2D eigenvalue weighted by atomic mass is 10.0. The molecule has 0 saturated carbocycles. The number of anilines is 2. The second kappa shape index (κ2) is 10.2. The van der Waals surface area contributed by atoms with Crippen LogP contribution in [0.25, 0.3) is 11.3 Å². The highest BCUT2D eigenvalue weighted by Gasteiger charge is 2.22. The van der Waals surface area contributed by atoms with Gasteiger partial charge in [-0.3, -0.25) is 14.6 Å². The number of hydrogen-bond acceptors (Lipinski definition) is 7. The minimum atomic E-state index is -0.549. The maximum absolute atomic E-state index is 14.7. The maximum atomic E-state index is 14.7. The predicted octanol–water partition coefficient (Wildman–Crippen LogP) is 2.92. The number of hydrogen-bond donors (Lipinski definition) is 2. The molecule has 4 N–H and O–H groups in total. The normalized spacial score (nSPS) is 15.7. The van der Waals surface area contributed by atoms with Gasteiger partial charge in [0.1, 0.15) is 11.5 Å². The van der Waals surface area contributed by atoms with E-state index in [4.69, 9.17) is 11.5 Å². The molecule has 2 aromatic heterocycles. The Morgan fingerprint density at radius 3 is 2.74 bits per heavy atom. The molecule has 4 rings (SSSR count). The summed E-state index contributed by atoms with van der Waals surface area (Å²) in [5.74, 6) is -1.12. The van der Waals surface area contributed by atoms with E-state index in [1.54, 1.807) is 32.6 Å². The highest BCUT2D eigenvalue weighted by atomic mass is 19.1. The second-order valence-electron chi connectivity index (χ2n) is 8.98. The molecule has 0 unspecified atom stereocenters. The number of aromatic nitrogens is 2. The van der Waals surface area contributed by atoms with Gasteiger partial charge in [-0.05, 0) is 49.2 Å². The summed E-state index contributed by atoms with van der Waals surface area (Å²) in [4.78, 5) is 37.8. The summed E-state index contributed by atoms with van der Waals surface area (Å²) in [6.45, 7) is 1.57. The average molecular weight is 477 g/mol. The van der Waals surface area contributed by atoms with Gasteiger partial charge in [0.25, 0.3) is 5.91 Å². The summed E-state index contributed by atoms with van der Waals surface area (Å²) in [6.07, 6.45) is 5.36. The van der Waals surface area contributed by atoms with E-state index in [0.717, 1.165) is 30.6 Å². The van der Waals surface area contributed by atoms with Gasteiger partial charge >= 0.3 is 0 Å². The van der Waals surface area contributed by atoms with Gasteiger partial charge in [0, 0.05) is 74.4 Å². The van der Waals surface area contributed by atoms with E-state index >= 15 is 0 Å². The zero-order chi connectivity index (χ0) is 25.1. The van der Waals surface area contributed by atoms with E-state index in [9.17, 15) is 14.0 Å². The molecule has 1 saturated heterocycles. The quantitative estimate of drug-likeness (QED) is 0.525. The minimum Gasteiger partial charge on any atom is -0.397 e. The maximum Gasteiger partial charge on any atom is 0.253 e. The van der Waals surface area contributed by atoms with Crippen LogP contribution in [-0.2, 0) is 6.42 Å². The third-order valence-corrected chi connectivity index (χ3v) is 6.11. The Kier molecular flexibility index (Phi) is 7.07. The summed E-state index contributed by atoms with van der Waals surface area (Å²) in [5, 5.41) is 0. The number of rotatable bonds is 6. The summed E-state index contributed by atoms with van der Waals surface area (Å²) in [5.41, 5.74) is 14.8. The van der Waals surface area contributed by atoms with E-state index in [2.05, 4.69) is 14.9 Å². The van der Waals surface area contributed by atoms with Gasteiger partial charge in [-0.25, -0.2) is 9.37 Å². The van der Waals surface area contributed by atoms with Crippen molar-refractivity contribution in [1.82, 2.24) is 14.9 Å². The third-order valence-electron chi connectivity index (χ3n) is 6.11. The average Bonchev–Trinajstić information content (AvgIpc) is 2.84. The number of carbonyl (C=O) groups excluding carboxylic acids is 2. The molecular weight excluding hydrogens is 447 g/mol. The van der Waals surface area contributed by atoms with Crippen LogP contribution in [0.5, 0.6) is 0 Å². The minimum absolute atomic E-state index is 0.0389. The van der Waals surface area contributed by atoms with Crippen molar-refractivity contribution in [2.45, 2.75) is 25.3 Å². The monoisotopic (exact) mass is 476 g/mol. The molecule has 8 nitrogen and oxygen atoms in total. The Bertz CT molecular complexity index is 1260. The van der Waals surface area contributed by atoms with E-state index in [-0.39, 0.29) is 46.8 Å². The van der Waals surface area contributed by atoms with Gasteiger partial charge in [0.2, 0.25) is 0 Å². The van der Waals surface area contributed by atoms with Gasteiger partial charge in [-0.2, -0.15) is 0 Å². The number of nitrogens with two attached hydrogens (primary N) is 2. The Hall–Kier alpha value is -3.85. The molecule has 0 spiro atoms. The largest absolute Gasteiger partial charge is 0.397 e. The first-order chi connectivity index (χ1) is 16.7. The van der Waals surface area contributed by atoms with Crippen LogP contribution in [0.4, 0.5) is 15.8 Å². The third kappa shape index (κ3) is 5.30. The van der Waals surface area contributed by atoms with Crippen molar-refractivity contribution in [2.75, 3.05) is 37.8 Å². The predicted molar refractivity (Wildman–Crippen MR) is 134 cm³/mol. The number of halogens is 1. The molecule has 3 aromatic rings. The fourth-order valence-electron chi connectivity index (χ4n) is 4.31. The molecule has 1 aliphatic rings. The second-order valence-corrected chi connectivity index (χ2v) is 8.98. The van der Waals surface area contributed by atoms with Gasteiger partial charge in [-0.15, -0.1) is 0 Å². The Morgan fingerprint density at radius 2 is 2.00 bits per heavy atom. The number of pyridine rings is 2. The molecule has 1 aromatic carbocycles. The van der Waals surface area contributed by atoms with Crippen LogP contribution in [0.2, 0.25) is 0 Å². The van der Waals surface area contributed by atoms with Crippen molar-refractivity contribution >= 4 is 23.1 Å². The molecule has 0 aliphatic carbocycles. The van der Waals surface area contributed by atoms with Crippen LogP contribution in [0.15, 0.2) is 48.8 Å². The molecule has 9 heteroatoms. The van der Waals surface area contributed by atoms with Crippen LogP contribution in [0, 0.1) is 5.82 Å². The van der Waals surface area contributed by atoms with Crippen LogP contribution < -0.4 is 16.4 Å².